The van der Waals surface area contributed by atoms with Crippen molar-refractivity contribution in [2.45, 2.75) is 61.5 Å². The summed E-state index contributed by atoms with van der Waals surface area (Å²) in [7, 11) is 0.0431. The van der Waals surface area contributed by atoms with Gasteiger partial charge in [-0.15, -0.1) is 6.58 Å². The Bertz CT molecular complexity index is 742. The lowest BCUT2D eigenvalue weighted by molar-refractivity contribution is 0.00328. The Morgan fingerprint density at radius 1 is 1.26 bits per heavy atom. The predicted octanol–water partition coefficient (Wildman–Crippen LogP) is -0.443. The second-order valence-electron chi connectivity index (χ2n) is 9.34. The first-order valence-corrected chi connectivity index (χ1v) is 12.9. The van der Waals surface area contributed by atoms with Gasteiger partial charge in [-0.3, -0.25) is 10.9 Å². The van der Waals surface area contributed by atoms with Crippen LogP contribution in [0, 0.1) is 11.8 Å². The SMILES string of the molecule is C=CC(F)C1CCNC(N2CC(S(=O)(=O)NC3C(OC)CCC4CNN(C)C43)CN2)C1. The van der Waals surface area contributed by atoms with Crippen LogP contribution in [0.3, 0.4) is 0 Å². The quantitative estimate of drug-likeness (QED) is 0.380. The van der Waals surface area contributed by atoms with Gasteiger partial charge in [0.15, 0.2) is 0 Å². The van der Waals surface area contributed by atoms with Crippen molar-refractivity contribution >= 4 is 10.0 Å². The van der Waals surface area contributed by atoms with Crippen molar-refractivity contribution in [1.29, 1.82) is 0 Å². The number of nitrogens with one attached hydrogen (secondary N) is 4. The summed E-state index contributed by atoms with van der Waals surface area (Å²) in [5.74, 6) is 0.315. The number of hydrogen-bond donors (Lipinski definition) is 4. The number of ether oxygens (including phenoxy) is 1. The van der Waals surface area contributed by atoms with Crippen LogP contribution in [0.15, 0.2) is 12.7 Å². The maximum absolute atomic E-state index is 14.1. The summed E-state index contributed by atoms with van der Waals surface area (Å²) in [6, 6.07) is -0.222. The van der Waals surface area contributed by atoms with Crippen molar-refractivity contribution in [3.8, 4) is 0 Å². The minimum atomic E-state index is -3.58. The molecule has 8 unspecified atom stereocenters. The van der Waals surface area contributed by atoms with Crippen molar-refractivity contribution in [3.63, 3.8) is 0 Å². The largest absolute Gasteiger partial charge is 0.380 e. The van der Waals surface area contributed by atoms with Crippen molar-refractivity contribution in [2.75, 3.05) is 40.3 Å². The minimum Gasteiger partial charge on any atom is -0.380 e. The van der Waals surface area contributed by atoms with Crippen molar-refractivity contribution in [2.24, 2.45) is 11.8 Å². The number of methoxy groups -OCH3 is 1. The molecule has 0 spiro atoms. The van der Waals surface area contributed by atoms with Crippen LogP contribution in [-0.4, -0.2) is 94.5 Å². The van der Waals surface area contributed by atoms with Gasteiger partial charge in [0.2, 0.25) is 10.0 Å². The third-order valence-corrected chi connectivity index (χ3v) is 9.35. The Morgan fingerprint density at radius 3 is 2.81 bits per heavy atom. The van der Waals surface area contributed by atoms with Crippen molar-refractivity contribution in [1.82, 2.24) is 30.9 Å². The Balaban J connectivity index is 1.40. The van der Waals surface area contributed by atoms with Crippen molar-refractivity contribution < 1.29 is 17.5 Å². The first kappa shape index (κ1) is 23.5. The molecule has 0 aromatic carbocycles. The molecule has 31 heavy (non-hydrogen) atoms. The van der Waals surface area contributed by atoms with Gasteiger partial charge < -0.3 is 10.1 Å². The molecule has 11 heteroatoms. The number of nitrogens with zero attached hydrogens (tertiary/aromatic N) is 2. The molecule has 0 amide bonds. The molecule has 9 nitrogen and oxygen atoms in total. The van der Waals surface area contributed by atoms with E-state index in [1.165, 1.54) is 6.08 Å². The van der Waals surface area contributed by atoms with E-state index in [4.69, 9.17) is 4.74 Å². The van der Waals surface area contributed by atoms with Crippen LogP contribution in [0.5, 0.6) is 0 Å². The highest BCUT2D eigenvalue weighted by atomic mass is 32.2. The highest BCUT2D eigenvalue weighted by Crippen LogP contribution is 2.33. The number of likely N-dealkylation sites (N-methyl/N-ethyl adjacent to an activating group) is 1. The van der Waals surface area contributed by atoms with E-state index in [1.807, 2.05) is 17.1 Å². The molecule has 0 bridgehead atoms. The van der Waals surface area contributed by atoms with E-state index >= 15 is 0 Å². The number of sulfonamides is 1. The summed E-state index contributed by atoms with van der Waals surface area (Å²) >= 11 is 0. The smallest absolute Gasteiger partial charge is 0.217 e. The number of hydrogen-bond acceptors (Lipinski definition) is 8. The number of allylic oxidation sites excluding steroid dienone is 1. The Hall–Kier alpha value is -0.660. The van der Waals surface area contributed by atoms with Crippen LogP contribution in [0.25, 0.3) is 0 Å². The molecule has 1 saturated carbocycles. The van der Waals surface area contributed by atoms with E-state index in [1.54, 1.807) is 7.11 Å². The highest BCUT2D eigenvalue weighted by Gasteiger charge is 2.48. The fraction of sp³-hybridized carbons (Fsp3) is 0.900. The molecule has 178 valence electrons. The predicted molar refractivity (Wildman–Crippen MR) is 117 cm³/mol. The lowest BCUT2D eigenvalue weighted by Gasteiger charge is -2.41. The van der Waals surface area contributed by atoms with Gasteiger partial charge >= 0.3 is 0 Å². The van der Waals surface area contributed by atoms with Gasteiger partial charge in [-0.2, -0.15) is 0 Å². The summed E-state index contributed by atoms with van der Waals surface area (Å²) in [6.07, 6.45) is 3.33. The highest BCUT2D eigenvalue weighted by molar-refractivity contribution is 7.90. The van der Waals surface area contributed by atoms with Gasteiger partial charge in [0.1, 0.15) is 11.4 Å². The topological polar surface area (TPSA) is 98.0 Å². The Labute approximate surface area is 185 Å². The Kier molecular flexibility index (Phi) is 7.34. The first-order chi connectivity index (χ1) is 14.8. The van der Waals surface area contributed by atoms with Gasteiger partial charge in [-0.25, -0.2) is 27.5 Å². The van der Waals surface area contributed by atoms with Crippen LogP contribution < -0.4 is 20.9 Å². The normalized spacial score (nSPS) is 41.2. The number of piperidine rings is 1. The zero-order chi connectivity index (χ0) is 22.2. The monoisotopic (exact) mass is 460 g/mol. The molecule has 3 aliphatic heterocycles. The number of alkyl halides is 1. The number of fused-ring (bicyclic) bond motifs is 1. The maximum Gasteiger partial charge on any atom is 0.217 e. The maximum atomic E-state index is 14.1. The second kappa shape index (κ2) is 9.68. The molecular weight excluding hydrogens is 423 g/mol. The molecule has 0 aromatic heterocycles. The van der Waals surface area contributed by atoms with E-state index < -0.39 is 21.4 Å². The third-order valence-electron chi connectivity index (χ3n) is 7.56. The zero-order valence-corrected chi connectivity index (χ0v) is 19.3. The third kappa shape index (κ3) is 4.84. The van der Waals surface area contributed by atoms with Gasteiger partial charge in [-0.1, -0.05) is 6.08 Å². The molecule has 3 saturated heterocycles. The first-order valence-electron chi connectivity index (χ1n) is 11.3. The lowest BCUT2D eigenvalue weighted by Crippen LogP contribution is -2.61. The molecule has 3 heterocycles. The van der Waals surface area contributed by atoms with Gasteiger partial charge in [0.05, 0.1) is 18.3 Å². The van der Waals surface area contributed by atoms with E-state index in [9.17, 15) is 12.8 Å². The van der Waals surface area contributed by atoms with Gasteiger partial charge in [0, 0.05) is 39.8 Å². The molecular formula is C20H37FN6O3S. The summed E-state index contributed by atoms with van der Waals surface area (Å²) in [6.45, 7) is 5.84. The molecule has 8 atom stereocenters. The lowest BCUT2D eigenvalue weighted by atomic mass is 9.80. The number of rotatable bonds is 7. The fourth-order valence-electron chi connectivity index (χ4n) is 5.74. The van der Waals surface area contributed by atoms with E-state index in [0.717, 1.165) is 25.8 Å². The molecule has 4 fully saturated rings. The second-order valence-corrected chi connectivity index (χ2v) is 11.3. The number of halogens is 1. The van der Waals surface area contributed by atoms with Crippen LogP contribution in [0.1, 0.15) is 25.7 Å². The molecule has 0 radical (unpaired) electrons. The van der Waals surface area contributed by atoms with Crippen molar-refractivity contribution in [3.05, 3.63) is 12.7 Å². The number of hydrazine groups is 2. The average molecular weight is 461 g/mol. The van der Waals surface area contributed by atoms with Gasteiger partial charge in [-0.05, 0) is 44.1 Å². The Morgan fingerprint density at radius 2 is 2.06 bits per heavy atom. The minimum absolute atomic E-state index is 0.0695. The van der Waals surface area contributed by atoms with Crippen LogP contribution in [-0.2, 0) is 14.8 Å². The molecule has 4 rings (SSSR count). The van der Waals surface area contributed by atoms with Crippen LogP contribution >= 0.6 is 0 Å². The van der Waals surface area contributed by atoms with E-state index in [2.05, 4.69) is 27.5 Å². The summed E-state index contributed by atoms with van der Waals surface area (Å²) in [4.78, 5) is 0. The molecule has 0 aromatic rings. The molecule has 4 aliphatic rings. The summed E-state index contributed by atoms with van der Waals surface area (Å²) in [5, 5.41) is 6.76. The fourth-order valence-corrected chi connectivity index (χ4v) is 7.25. The van der Waals surface area contributed by atoms with Crippen LogP contribution in [0.2, 0.25) is 0 Å². The summed E-state index contributed by atoms with van der Waals surface area (Å²) in [5.41, 5.74) is 6.56. The average Bonchev–Trinajstić information content (AvgIpc) is 3.41. The molecule has 4 N–H and O–H groups in total. The standard InChI is InChI=1S/C20H37FN6O3S/c1-4-16(21)13-7-8-22-18(9-13)27-12-15(11-24-27)31(28,29)25-19-17(30-3)6-5-14-10-23-26(2)20(14)19/h4,13-20,22-25H,1,5-12H2,2-3H3. The molecule has 1 aliphatic carbocycles. The zero-order valence-electron chi connectivity index (χ0n) is 18.5. The van der Waals surface area contributed by atoms with Crippen LogP contribution in [0.4, 0.5) is 4.39 Å². The summed E-state index contributed by atoms with van der Waals surface area (Å²) < 4.78 is 49.5. The van der Waals surface area contributed by atoms with Gasteiger partial charge in [0.25, 0.3) is 0 Å². The van der Waals surface area contributed by atoms with E-state index in [-0.39, 0.29) is 30.3 Å². The van der Waals surface area contributed by atoms with E-state index in [0.29, 0.717) is 32.0 Å².